The first kappa shape index (κ1) is 12.8. The van der Waals surface area contributed by atoms with Crippen molar-refractivity contribution in [3.8, 4) is 0 Å². The molecule has 0 aromatic carbocycles. The normalized spacial score (nSPS) is 24.9. The standard InChI is InChI=1S/C14H18N2O2/c17-16(18)11-10-12-6-8-14(9-7-12)15-13-4-2-1-3-5-13/h1-2,4,6-8,10-11,14-17H,3,5,9H2/b11-10+. The highest BCUT2D eigenvalue weighted by atomic mass is 16.8. The van der Waals surface area contributed by atoms with Gasteiger partial charge in [-0.1, -0.05) is 30.4 Å². The van der Waals surface area contributed by atoms with Gasteiger partial charge in [-0.2, -0.15) is 0 Å². The Morgan fingerprint density at radius 2 is 2.39 bits per heavy atom. The van der Waals surface area contributed by atoms with Crippen molar-refractivity contribution in [2.45, 2.75) is 25.3 Å². The van der Waals surface area contributed by atoms with E-state index in [0.717, 1.165) is 24.8 Å². The summed E-state index contributed by atoms with van der Waals surface area (Å²) >= 11 is 0. The van der Waals surface area contributed by atoms with Crippen LogP contribution in [0.2, 0.25) is 0 Å². The summed E-state index contributed by atoms with van der Waals surface area (Å²) in [7, 11) is 0. The van der Waals surface area contributed by atoms with Gasteiger partial charge < -0.3 is 10.5 Å². The summed E-state index contributed by atoms with van der Waals surface area (Å²) in [6.45, 7) is 0. The van der Waals surface area contributed by atoms with Gasteiger partial charge in [0.1, 0.15) is 6.20 Å². The second-order valence-corrected chi connectivity index (χ2v) is 4.38. The molecule has 2 rings (SSSR count). The summed E-state index contributed by atoms with van der Waals surface area (Å²) in [6.07, 6.45) is 18.3. The highest BCUT2D eigenvalue weighted by Gasteiger charge is 2.09. The van der Waals surface area contributed by atoms with Crippen molar-refractivity contribution in [2.24, 2.45) is 0 Å². The Hall–Kier alpha value is -1.62. The van der Waals surface area contributed by atoms with E-state index in [-0.39, 0.29) is 0 Å². The molecule has 0 saturated heterocycles. The van der Waals surface area contributed by atoms with Crippen LogP contribution in [-0.4, -0.2) is 11.2 Å². The van der Waals surface area contributed by atoms with Gasteiger partial charge in [-0.3, -0.25) is 0 Å². The van der Waals surface area contributed by atoms with Crippen molar-refractivity contribution in [3.05, 3.63) is 65.2 Å². The van der Waals surface area contributed by atoms with Crippen LogP contribution in [0.4, 0.5) is 0 Å². The first-order valence-electron chi connectivity index (χ1n) is 6.15. The van der Waals surface area contributed by atoms with E-state index in [1.165, 1.54) is 11.9 Å². The fourth-order valence-corrected chi connectivity index (χ4v) is 2.00. The molecule has 2 aliphatic carbocycles. The van der Waals surface area contributed by atoms with E-state index < -0.39 is 5.23 Å². The maximum Gasteiger partial charge on any atom is 0.127 e. The Morgan fingerprint density at radius 1 is 1.50 bits per heavy atom. The average molecular weight is 246 g/mol. The molecule has 18 heavy (non-hydrogen) atoms. The third-order valence-corrected chi connectivity index (χ3v) is 2.93. The summed E-state index contributed by atoms with van der Waals surface area (Å²) in [6, 6.07) is 0.310. The van der Waals surface area contributed by atoms with Gasteiger partial charge in [0, 0.05) is 17.8 Å². The molecule has 96 valence electrons. The van der Waals surface area contributed by atoms with Crippen molar-refractivity contribution in [1.29, 1.82) is 0 Å². The number of hydrogen-bond donors (Lipinski definition) is 3. The lowest BCUT2D eigenvalue weighted by Gasteiger charge is -2.21. The van der Waals surface area contributed by atoms with Gasteiger partial charge >= 0.3 is 0 Å². The molecule has 3 N–H and O–H groups in total. The lowest BCUT2D eigenvalue weighted by Crippen LogP contribution is -2.99. The lowest BCUT2D eigenvalue weighted by molar-refractivity contribution is -1.00. The maximum atomic E-state index is 10.4. The highest BCUT2D eigenvalue weighted by molar-refractivity contribution is 5.34. The van der Waals surface area contributed by atoms with E-state index in [9.17, 15) is 5.21 Å². The van der Waals surface area contributed by atoms with Gasteiger partial charge in [-0.15, -0.1) is 0 Å². The molecular weight excluding hydrogens is 228 g/mol. The van der Waals surface area contributed by atoms with E-state index in [0.29, 0.717) is 6.04 Å². The molecule has 4 nitrogen and oxygen atoms in total. The Morgan fingerprint density at radius 3 is 3.00 bits per heavy atom. The monoisotopic (exact) mass is 246 g/mol. The fraction of sp³-hybridized carbons (Fsp3) is 0.286. The second-order valence-electron chi connectivity index (χ2n) is 4.38. The molecule has 0 aromatic heterocycles. The van der Waals surface area contributed by atoms with Gasteiger partial charge in [-0.05, 0) is 30.9 Å². The highest BCUT2D eigenvalue weighted by Crippen LogP contribution is 2.15. The van der Waals surface area contributed by atoms with Crippen LogP contribution < -0.4 is 10.5 Å². The topological polar surface area (TPSA) is 59.8 Å². The first-order chi connectivity index (χ1) is 8.74. The van der Waals surface area contributed by atoms with Gasteiger partial charge in [-0.25, -0.2) is 10.4 Å². The molecule has 2 atom stereocenters. The molecule has 0 aromatic rings. The van der Waals surface area contributed by atoms with Crippen LogP contribution in [-0.2, 0) is 0 Å². The third kappa shape index (κ3) is 4.00. The molecule has 0 saturated carbocycles. The zero-order chi connectivity index (χ0) is 12.8. The quantitative estimate of drug-likeness (QED) is 0.656. The minimum absolute atomic E-state index is 0.310. The number of nitrogens with one attached hydrogen (secondary N) is 2. The van der Waals surface area contributed by atoms with Crippen LogP contribution in [0, 0.1) is 5.21 Å². The van der Waals surface area contributed by atoms with E-state index in [1.807, 2.05) is 6.08 Å². The smallest absolute Gasteiger partial charge is 0.127 e. The number of hydrogen-bond acceptors (Lipinski definition) is 3. The van der Waals surface area contributed by atoms with Crippen molar-refractivity contribution in [1.82, 2.24) is 5.32 Å². The summed E-state index contributed by atoms with van der Waals surface area (Å²) in [5, 5.41) is 21.5. The minimum atomic E-state index is -0.913. The van der Waals surface area contributed by atoms with E-state index in [2.05, 4.69) is 35.7 Å². The summed E-state index contributed by atoms with van der Waals surface area (Å²) in [4.78, 5) is 0. The molecule has 0 bridgehead atoms. The Kier molecular flexibility index (Phi) is 4.52. The van der Waals surface area contributed by atoms with Crippen LogP contribution in [0.15, 0.2) is 60.0 Å². The van der Waals surface area contributed by atoms with Crippen LogP contribution in [0.3, 0.4) is 0 Å². The molecule has 0 amide bonds. The fourth-order valence-electron chi connectivity index (χ4n) is 2.00. The largest absolute Gasteiger partial charge is 0.595 e. The number of quaternary nitrogens is 1. The zero-order valence-electron chi connectivity index (χ0n) is 10.2. The van der Waals surface area contributed by atoms with Gasteiger partial charge in [0.05, 0.1) is 0 Å². The van der Waals surface area contributed by atoms with Crippen LogP contribution in [0.1, 0.15) is 19.3 Å². The van der Waals surface area contributed by atoms with Gasteiger partial charge in [0.2, 0.25) is 0 Å². The summed E-state index contributed by atoms with van der Waals surface area (Å²) < 4.78 is 0. The van der Waals surface area contributed by atoms with Crippen LogP contribution in [0.25, 0.3) is 0 Å². The Balaban J connectivity index is 1.85. The van der Waals surface area contributed by atoms with Crippen molar-refractivity contribution in [2.75, 3.05) is 0 Å². The predicted molar refractivity (Wildman–Crippen MR) is 70.5 cm³/mol. The predicted octanol–water partition coefficient (Wildman–Crippen LogP) is 1.35. The van der Waals surface area contributed by atoms with Gasteiger partial charge in [0.25, 0.3) is 0 Å². The summed E-state index contributed by atoms with van der Waals surface area (Å²) in [5.74, 6) is 0. The summed E-state index contributed by atoms with van der Waals surface area (Å²) in [5.41, 5.74) is 2.22. The SMILES string of the molecule is [O-][NH+](O)/C=C/C1=CCC(NC2=CC=CCC2)C=C1. The molecule has 0 radical (unpaired) electrons. The lowest BCUT2D eigenvalue weighted by atomic mass is 10.0. The van der Waals surface area contributed by atoms with Crippen molar-refractivity contribution < 1.29 is 10.4 Å². The molecule has 0 heterocycles. The third-order valence-electron chi connectivity index (χ3n) is 2.93. The van der Waals surface area contributed by atoms with Crippen molar-refractivity contribution >= 4 is 0 Å². The number of rotatable bonds is 4. The Bertz CT molecular complexity index is 431. The second kappa shape index (κ2) is 6.35. The molecule has 2 aliphatic rings. The van der Waals surface area contributed by atoms with Crippen molar-refractivity contribution in [3.63, 3.8) is 0 Å². The van der Waals surface area contributed by atoms with E-state index in [1.54, 1.807) is 6.08 Å². The number of hydroxylamine groups is 2. The molecule has 2 unspecified atom stereocenters. The maximum absolute atomic E-state index is 10.4. The zero-order valence-corrected chi connectivity index (χ0v) is 10.2. The molecular formula is C14H18N2O2. The molecule has 0 aliphatic heterocycles. The molecule has 0 fully saturated rings. The average Bonchev–Trinajstić information content (AvgIpc) is 2.39. The van der Waals surface area contributed by atoms with Crippen LogP contribution in [0.5, 0.6) is 0 Å². The Labute approximate surface area is 107 Å². The van der Waals surface area contributed by atoms with E-state index >= 15 is 0 Å². The van der Waals surface area contributed by atoms with Crippen LogP contribution >= 0.6 is 0 Å². The minimum Gasteiger partial charge on any atom is -0.595 e. The first-order valence-corrected chi connectivity index (χ1v) is 6.15. The van der Waals surface area contributed by atoms with E-state index in [4.69, 9.17) is 5.21 Å². The van der Waals surface area contributed by atoms with Gasteiger partial charge in [0.15, 0.2) is 0 Å². The number of allylic oxidation sites excluding steroid dienone is 7. The molecule has 4 heteroatoms. The molecule has 0 spiro atoms.